The average Bonchev–Trinajstić information content (AvgIpc) is 2.34. The molecule has 3 nitrogen and oxygen atoms in total. The lowest BCUT2D eigenvalue weighted by Crippen LogP contribution is -2.60. The van der Waals surface area contributed by atoms with Gasteiger partial charge in [0.25, 0.3) is 0 Å². The standard InChI is InChI=1S/C14H27NO2/c1-14(2)12(10-13(14)16)15-8-9-17-11-6-4-3-5-7-11/h11-13,15-16H,3-10H2,1-2H3. The molecule has 0 aromatic heterocycles. The second kappa shape index (κ2) is 5.68. The molecule has 0 amide bonds. The SMILES string of the molecule is CC1(C)C(O)CC1NCCOC1CCCCC1. The zero-order chi connectivity index (χ0) is 12.3. The molecule has 2 atom stereocenters. The molecule has 2 aliphatic rings. The average molecular weight is 241 g/mol. The van der Waals surface area contributed by atoms with Crippen LogP contribution in [0.25, 0.3) is 0 Å². The van der Waals surface area contributed by atoms with Gasteiger partial charge in [0.15, 0.2) is 0 Å². The zero-order valence-electron chi connectivity index (χ0n) is 11.2. The van der Waals surface area contributed by atoms with E-state index in [1.807, 2.05) is 0 Å². The van der Waals surface area contributed by atoms with Gasteiger partial charge >= 0.3 is 0 Å². The molecule has 100 valence electrons. The number of ether oxygens (including phenoxy) is 1. The number of aliphatic hydroxyl groups excluding tert-OH is 1. The van der Waals surface area contributed by atoms with Crippen LogP contribution in [-0.4, -0.2) is 36.5 Å². The zero-order valence-corrected chi connectivity index (χ0v) is 11.2. The molecule has 2 unspecified atom stereocenters. The molecule has 0 radical (unpaired) electrons. The summed E-state index contributed by atoms with van der Waals surface area (Å²) in [5.41, 5.74) is 0.0326. The molecule has 0 aromatic rings. The lowest BCUT2D eigenvalue weighted by Gasteiger charge is -2.49. The summed E-state index contributed by atoms with van der Waals surface area (Å²) < 4.78 is 5.87. The monoisotopic (exact) mass is 241 g/mol. The Kier molecular flexibility index (Phi) is 4.45. The molecule has 0 aromatic carbocycles. The highest BCUT2D eigenvalue weighted by Crippen LogP contribution is 2.40. The quantitative estimate of drug-likeness (QED) is 0.724. The third kappa shape index (κ3) is 3.21. The Morgan fingerprint density at radius 2 is 1.94 bits per heavy atom. The third-order valence-corrected chi connectivity index (χ3v) is 4.61. The highest BCUT2D eigenvalue weighted by molar-refractivity contribution is 5.01. The van der Waals surface area contributed by atoms with E-state index in [-0.39, 0.29) is 11.5 Å². The summed E-state index contributed by atoms with van der Waals surface area (Å²) in [6, 6.07) is 0.451. The van der Waals surface area contributed by atoms with Gasteiger partial charge in [-0.25, -0.2) is 0 Å². The van der Waals surface area contributed by atoms with E-state index < -0.39 is 0 Å². The number of hydrogen-bond donors (Lipinski definition) is 2. The number of nitrogens with one attached hydrogen (secondary N) is 1. The van der Waals surface area contributed by atoms with E-state index in [0.29, 0.717) is 12.1 Å². The van der Waals surface area contributed by atoms with E-state index >= 15 is 0 Å². The summed E-state index contributed by atoms with van der Waals surface area (Å²) in [4.78, 5) is 0. The van der Waals surface area contributed by atoms with Gasteiger partial charge in [0.2, 0.25) is 0 Å². The maximum absolute atomic E-state index is 9.64. The van der Waals surface area contributed by atoms with Crippen LogP contribution in [-0.2, 0) is 4.74 Å². The first-order valence-electron chi connectivity index (χ1n) is 7.14. The predicted molar refractivity (Wildman–Crippen MR) is 69.0 cm³/mol. The molecule has 3 heteroatoms. The number of rotatable bonds is 5. The molecule has 0 bridgehead atoms. The Morgan fingerprint density at radius 1 is 1.24 bits per heavy atom. The number of aliphatic hydroxyl groups is 1. The third-order valence-electron chi connectivity index (χ3n) is 4.61. The van der Waals surface area contributed by atoms with Crippen LogP contribution < -0.4 is 5.32 Å². The van der Waals surface area contributed by atoms with E-state index in [2.05, 4.69) is 19.2 Å². The van der Waals surface area contributed by atoms with E-state index in [4.69, 9.17) is 4.74 Å². The van der Waals surface area contributed by atoms with Gasteiger partial charge in [-0.05, 0) is 19.3 Å². The molecule has 0 spiro atoms. The van der Waals surface area contributed by atoms with Crippen molar-refractivity contribution in [3.63, 3.8) is 0 Å². The van der Waals surface area contributed by atoms with Crippen molar-refractivity contribution < 1.29 is 9.84 Å². The molecule has 2 rings (SSSR count). The van der Waals surface area contributed by atoms with Crippen LogP contribution in [0.15, 0.2) is 0 Å². The van der Waals surface area contributed by atoms with Crippen molar-refractivity contribution in [2.75, 3.05) is 13.2 Å². The summed E-state index contributed by atoms with van der Waals surface area (Å²) in [5, 5.41) is 13.1. The Labute approximate surface area is 105 Å². The summed E-state index contributed by atoms with van der Waals surface area (Å²) in [6.45, 7) is 5.98. The van der Waals surface area contributed by atoms with E-state index in [9.17, 15) is 5.11 Å². The van der Waals surface area contributed by atoms with Crippen LogP contribution >= 0.6 is 0 Å². The van der Waals surface area contributed by atoms with E-state index in [0.717, 1.165) is 19.6 Å². The van der Waals surface area contributed by atoms with Crippen molar-refractivity contribution in [1.82, 2.24) is 5.32 Å². The fourth-order valence-electron chi connectivity index (χ4n) is 2.94. The molecular weight excluding hydrogens is 214 g/mol. The van der Waals surface area contributed by atoms with Crippen molar-refractivity contribution in [3.8, 4) is 0 Å². The smallest absolute Gasteiger partial charge is 0.0621 e. The molecule has 2 aliphatic carbocycles. The maximum Gasteiger partial charge on any atom is 0.0621 e. The van der Waals surface area contributed by atoms with Crippen LogP contribution in [0.2, 0.25) is 0 Å². The predicted octanol–water partition coefficient (Wildman–Crippen LogP) is 2.08. The van der Waals surface area contributed by atoms with Gasteiger partial charge in [-0.1, -0.05) is 33.1 Å². The first-order valence-corrected chi connectivity index (χ1v) is 7.14. The molecule has 2 saturated carbocycles. The lowest BCUT2D eigenvalue weighted by molar-refractivity contribution is -0.0751. The van der Waals surface area contributed by atoms with E-state index in [1.54, 1.807) is 0 Å². The second-order valence-electron chi connectivity index (χ2n) is 6.21. The van der Waals surface area contributed by atoms with Crippen LogP contribution in [0.4, 0.5) is 0 Å². The molecule has 0 heterocycles. The van der Waals surface area contributed by atoms with Gasteiger partial charge in [-0.15, -0.1) is 0 Å². The van der Waals surface area contributed by atoms with Crippen molar-refractivity contribution in [1.29, 1.82) is 0 Å². The summed E-state index contributed by atoms with van der Waals surface area (Å²) in [7, 11) is 0. The van der Waals surface area contributed by atoms with Crippen molar-refractivity contribution >= 4 is 0 Å². The molecule has 0 aliphatic heterocycles. The van der Waals surface area contributed by atoms with Crippen molar-refractivity contribution in [3.05, 3.63) is 0 Å². The van der Waals surface area contributed by atoms with E-state index in [1.165, 1.54) is 32.1 Å². The normalized spacial score (nSPS) is 33.4. The van der Waals surface area contributed by atoms with Gasteiger partial charge in [0.1, 0.15) is 0 Å². The fourth-order valence-corrected chi connectivity index (χ4v) is 2.94. The van der Waals surface area contributed by atoms with Gasteiger partial charge in [0, 0.05) is 18.0 Å². The second-order valence-corrected chi connectivity index (χ2v) is 6.21. The van der Waals surface area contributed by atoms with Crippen LogP contribution in [0.3, 0.4) is 0 Å². The van der Waals surface area contributed by atoms with Crippen LogP contribution in [0.5, 0.6) is 0 Å². The van der Waals surface area contributed by atoms with Gasteiger partial charge in [0.05, 0.1) is 18.8 Å². The first-order chi connectivity index (χ1) is 8.10. The van der Waals surface area contributed by atoms with Gasteiger partial charge in [-0.2, -0.15) is 0 Å². The topological polar surface area (TPSA) is 41.5 Å². The fraction of sp³-hybridized carbons (Fsp3) is 1.00. The minimum atomic E-state index is -0.140. The molecule has 2 N–H and O–H groups in total. The Morgan fingerprint density at radius 3 is 2.53 bits per heavy atom. The van der Waals surface area contributed by atoms with Crippen LogP contribution in [0.1, 0.15) is 52.4 Å². The summed E-state index contributed by atoms with van der Waals surface area (Å²) >= 11 is 0. The van der Waals surface area contributed by atoms with Crippen molar-refractivity contribution in [2.45, 2.75) is 70.6 Å². The van der Waals surface area contributed by atoms with Gasteiger partial charge in [-0.3, -0.25) is 0 Å². The highest BCUT2D eigenvalue weighted by atomic mass is 16.5. The maximum atomic E-state index is 9.64. The Bertz CT molecular complexity index is 236. The van der Waals surface area contributed by atoms with Crippen molar-refractivity contribution in [2.24, 2.45) is 5.41 Å². The van der Waals surface area contributed by atoms with Gasteiger partial charge < -0.3 is 15.2 Å². The summed E-state index contributed by atoms with van der Waals surface area (Å²) in [6.07, 6.45) is 7.79. The molecule has 17 heavy (non-hydrogen) atoms. The number of hydrogen-bond acceptors (Lipinski definition) is 3. The largest absolute Gasteiger partial charge is 0.392 e. The lowest BCUT2D eigenvalue weighted by atomic mass is 9.64. The summed E-state index contributed by atoms with van der Waals surface area (Å²) in [5.74, 6) is 0. The Hall–Kier alpha value is -0.120. The Balaban J connectivity index is 1.54. The minimum absolute atomic E-state index is 0.0326. The molecule has 2 fully saturated rings. The van der Waals surface area contributed by atoms with Crippen LogP contribution in [0, 0.1) is 5.41 Å². The first kappa shape index (κ1) is 13.3. The molecular formula is C14H27NO2. The minimum Gasteiger partial charge on any atom is -0.392 e. The highest BCUT2D eigenvalue weighted by Gasteiger charge is 2.46. The molecule has 0 saturated heterocycles.